The highest BCUT2D eigenvalue weighted by atomic mass is 19.4. The van der Waals surface area contributed by atoms with Gasteiger partial charge in [-0.15, -0.1) is 0 Å². The molecular formula is C12H20F3NO. The van der Waals surface area contributed by atoms with E-state index in [0.717, 1.165) is 0 Å². The van der Waals surface area contributed by atoms with E-state index in [1.165, 1.54) is 0 Å². The molecule has 0 aliphatic heterocycles. The molecule has 0 saturated heterocycles. The Morgan fingerprint density at radius 3 is 2.59 bits per heavy atom. The smallest absolute Gasteiger partial charge is 0.353 e. The first kappa shape index (κ1) is 14.3. The van der Waals surface area contributed by atoms with Crippen molar-refractivity contribution in [3.8, 4) is 0 Å². The summed E-state index contributed by atoms with van der Waals surface area (Å²) in [5.74, 6) is -1.50. The molecule has 5 heteroatoms. The first-order valence-electron chi connectivity index (χ1n) is 6.21. The molecule has 0 aromatic heterocycles. The fourth-order valence-corrected chi connectivity index (χ4v) is 2.15. The molecule has 100 valence electrons. The lowest BCUT2D eigenvalue weighted by atomic mass is 9.85. The molecule has 1 fully saturated rings. The molecule has 1 amide bonds. The van der Waals surface area contributed by atoms with Crippen LogP contribution in [0.3, 0.4) is 0 Å². The normalized spacial score (nSPS) is 27.6. The van der Waals surface area contributed by atoms with E-state index in [4.69, 9.17) is 0 Å². The Balaban J connectivity index is 2.48. The number of halogens is 3. The van der Waals surface area contributed by atoms with Crippen LogP contribution in [0.5, 0.6) is 0 Å². The number of carbonyl (C=O) groups is 1. The summed E-state index contributed by atoms with van der Waals surface area (Å²) in [4.78, 5) is 11.6. The Bertz CT molecular complexity index is 265. The zero-order chi connectivity index (χ0) is 13.1. The van der Waals surface area contributed by atoms with Gasteiger partial charge in [-0.25, -0.2) is 0 Å². The van der Waals surface area contributed by atoms with Crippen molar-refractivity contribution in [2.45, 2.75) is 58.2 Å². The second kappa shape index (κ2) is 5.74. The van der Waals surface area contributed by atoms with Crippen molar-refractivity contribution in [1.82, 2.24) is 5.32 Å². The number of hydrogen-bond donors (Lipinski definition) is 1. The molecule has 0 radical (unpaired) electrons. The Morgan fingerprint density at radius 2 is 2.06 bits per heavy atom. The summed E-state index contributed by atoms with van der Waals surface area (Å²) in [6.07, 6.45) is -1.99. The van der Waals surface area contributed by atoms with Crippen LogP contribution in [0, 0.1) is 11.8 Å². The summed E-state index contributed by atoms with van der Waals surface area (Å²) in [5, 5.41) is 2.73. The van der Waals surface area contributed by atoms with Crippen molar-refractivity contribution in [2.75, 3.05) is 0 Å². The minimum Gasteiger partial charge on any atom is -0.353 e. The Morgan fingerprint density at radius 1 is 1.41 bits per heavy atom. The van der Waals surface area contributed by atoms with Crippen LogP contribution >= 0.6 is 0 Å². The topological polar surface area (TPSA) is 29.1 Å². The van der Waals surface area contributed by atoms with E-state index >= 15 is 0 Å². The van der Waals surface area contributed by atoms with Crippen LogP contribution in [0.15, 0.2) is 0 Å². The monoisotopic (exact) mass is 251 g/mol. The van der Waals surface area contributed by atoms with Gasteiger partial charge in [0.1, 0.15) is 0 Å². The SMILES string of the molecule is CC[C@H](C)C(=O)N[C@H]1CCC[C@@H](C(F)(F)F)C1. The molecule has 1 saturated carbocycles. The van der Waals surface area contributed by atoms with E-state index in [9.17, 15) is 18.0 Å². The van der Waals surface area contributed by atoms with Crippen molar-refractivity contribution < 1.29 is 18.0 Å². The maximum atomic E-state index is 12.6. The van der Waals surface area contributed by atoms with Crippen LogP contribution in [-0.2, 0) is 4.79 Å². The van der Waals surface area contributed by atoms with Gasteiger partial charge < -0.3 is 5.32 Å². The summed E-state index contributed by atoms with van der Waals surface area (Å²) in [6, 6.07) is -0.308. The minimum atomic E-state index is -4.13. The van der Waals surface area contributed by atoms with Gasteiger partial charge in [-0.1, -0.05) is 20.3 Å². The van der Waals surface area contributed by atoms with Gasteiger partial charge in [-0.05, 0) is 25.7 Å². The van der Waals surface area contributed by atoms with Gasteiger partial charge in [0.2, 0.25) is 5.91 Å². The van der Waals surface area contributed by atoms with Crippen LogP contribution in [0.25, 0.3) is 0 Å². The summed E-state index contributed by atoms with van der Waals surface area (Å²) in [6.45, 7) is 3.68. The van der Waals surface area contributed by atoms with Gasteiger partial charge in [-0.2, -0.15) is 13.2 Å². The van der Waals surface area contributed by atoms with Crippen molar-refractivity contribution in [3.63, 3.8) is 0 Å². The Kier molecular flexibility index (Phi) is 4.83. The summed E-state index contributed by atoms with van der Waals surface area (Å²) in [5.41, 5.74) is 0. The van der Waals surface area contributed by atoms with Crippen molar-refractivity contribution in [2.24, 2.45) is 11.8 Å². The summed E-state index contributed by atoms with van der Waals surface area (Å²) in [7, 11) is 0. The highest BCUT2D eigenvalue weighted by molar-refractivity contribution is 5.78. The van der Waals surface area contributed by atoms with Gasteiger partial charge in [0, 0.05) is 12.0 Å². The molecule has 0 heterocycles. The van der Waals surface area contributed by atoms with Crippen LogP contribution < -0.4 is 5.32 Å². The van der Waals surface area contributed by atoms with E-state index in [1.54, 1.807) is 6.92 Å². The molecule has 0 spiro atoms. The zero-order valence-corrected chi connectivity index (χ0v) is 10.3. The second-order valence-corrected chi connectivity index (χ2v) is 4.92. The maximum absolute atomic E-state index is 12.6. The maximum Gasteiger partial charge on any atom is 0.391 e. The number of amides is 1. The highest BCUT2D eigenvalue weighted by Gasteiger charge is 2.42. The third-order valence-corrected chi connectivity index (χ3v) is 3.54. The molecule has 1 rings (SSSR count). The zero-order valence-electron chi connectivity index (χ0n) is 10.3. The molecule has 0 unspecified atom stereocenters. The molecule has 0 aromatic carbocycles. The summed E-state index contributed by atoms with van der Waals surface area (Å²) < 4.78 is 37.7. The van der Waals surface area contributed by atoms with E-state index in [0.29, 0.717) is 19.3 Å². The fourth-order valence-electron chi connectivity index (χ4n) is 2.15. The molecule has 1 aliphatic rings. The quantitative estimate of drug-likeness (QED) is 0.819. The van der Waals surface area contributed by atoms with Gasteiger partial charge in [0.25, 0.3) is 0 Å². The van der Waals surface area contributed by atoms with E-state index in [-0.39, 0.29) is 30.7 Å². The Hall–Kier alpha value is -0.740. The molecule has 17 heavy (non-hydrogen) atoms. The molecule has 0 bridgehead atoms. The first-order valence-corrected chi connectivity index (χ1v) is 6.21. The average Bonchev–Trinajstić information content (AvgIpc) is 2.27. The first-order chi connectivity index (χ1) is 7.84. The summed E-state index contributed by atoms with van der Waals surface area (Å²) >= 11 is 0. The van der Waals surface area contributed by atoms with Gasteiger partial charge in [0.15, 0.2) is 0 Å². The molecule has 3 atom stereocenters. The van der Waals surface area contributed by atoms with Crippen LogP contribution in [-0.4, -0.2) is 18.1 Å². The van der Waals surface area contributed by atoms with Gasteiger partial charge >= 0.3 is 6.18 Å². The molecule has 2 nitrogen and oxygen atoms in total. The standard InChI is InChI=1S/C12H20F3NO/c1-3-8(2)11(17)16-10-6-4-5-9(7-10)12(13,14)15/h8-10H,3-7H2,1-2H3,(H,16,17)/t8-,9+,10-/m0/s1. The Labute approximate surface area is 100.0 Å². The third kappa shape index (κ3) is 4.21. The van der Waals surface area contributed by atoms with E-state index < -0.39 is 12.1 Å². The van der Waals surface area contributed by atoms with Gasteiger partial charge in [-0.3, -0.25) is 4.79 Å². The lowest BCUT2D eigenvalue weighted by molar-refractivity contribution is -0.184. The van der Waals surface area contributed by atoms with Crippen LogP contribution in [0.2, 0.25) is 0 Å². The van der Waals surface area contributed by atoms with Crippen molar-refractivity contribution in [1.29, 1.82) is 0 Å². The van der Waals surface area contributed by atoms with E-state index in [2.05, 4.69) is 5.32 Å². The van der Waals surface area contributed by atoms with Crippen LogP contribution in [0.4, 0.5) is 13.2 Å². The largest absolute Gasteiger partial charge is 0.391 e. The average molecular weight is 251 g/mol. The number of carbonyl (C=O) groups excluding carboxylic acids is 1. The number of hydrogen-bond acceptors (Lipinski definition) is 1. The fraction of sp³-hybridized carbons (Fsp3) is 0.917. The van der Waals surface area contributed by atoms with Crippen LogP contribution in [0.1, 0.15) is 46.0 Å². The number of alkyl halides is 3. The van der Waals surface area contributed by atoms with Gasteiger partial charge in [0.05, 0.1) is 5.92 Å². The molecular weight excluding hydrogens is 231 g/mol. The predicted octanol–water partition coefficient (Wildman–Crippen LogP) is 3.27. The second-order valence-electron chi connectivity index (χ2n) is 4.92. The number of nitrogens with one attached hydrogen (secondary N) is 1. The highest BCUT2D eigenvalue weighted by Crippen LogP contribution is 2.37. The minimum absolute atomic E-state index is 0.0334. The number of rotatable bonds is 3. The van der Waals surface area contributed by atoms with Crippen molar-refractivity contribution in [3.05, 3.63) is 0 Å². The lowest BCUT2D eigenvalue weighted by Crippen LogP contribution is -2.43. The molecule has 1 aliphatic carbocycles. The predicted molar refractivity (Wildman–Crippen MR) is 59.4 cm³/mol. The van der Waals surface area contributed by atoms with E-state index in [1.807, 2.05) is 6.92 Å². The lowest BCUT2D eigenvalue weighted by Gasteiger charge is -2.31. The molecule has 0 aromatic rings. The molecule has 1 N–H and O–H groups in total. The third-order valence-electron chi connectivity index (χ3n) is 3.54. The van der Waals surface area contributed by atoms with Crippen molar-refractivity contribution >= 4 is 5.91 Å².